The Morgan fingerprint density at radius 1 is 1.10 bits per heavy atom. The van der Waals surface area contributed by atoms with Crippen molar-refractivity contribution in [2.75, 3.05) is 12.4 Å². The summed E-state index contributed by atoms with van der Waals surface area (Å²) in [7, 11) is 1.66. The van der Waals surface area contributed by atoms with Crippen molar-refractivity contribution in [3.8, 4) is 22.7 Å². The predicted octanol–water partition coefficient (Wildman–Crippen LogP) is 4.58. The van der Waals surface area contributed by atoms with Gasteiger partial charge in [-0.3, -0.25) is 15.1 Å². The van der Waals surface area contributed by atoms with Gasteiger partial charge in [0.1, 0.15) is 11.4 Å². The van der Waals surface area contributed by atoms with Gasteiger partial charge in [-0.15, -0.1) is 11.3 Å². The molecule has 30 heavy (non-hydrogen) atoms. The average molecular weight is 420 g/mol. The highest BCUT2D eigenvalue weighted by molar-refractivity contribution is 7.14. The van der Waals surface area contributed by atoms with Crippen molar-refractivity contribution in [1.29, 1.82) is 0 Å². The SMILES string of the molecule is COc1ccc(-n2c(C)cc(-c3csc(NC(=O)c4cnc(C)cn4)n3)c2C)cc1. The number of nitrogens with one attached hydrogen (secondary N) is 1. The molecule has 1 aromatic carbocycles. The molecule has 4 rings (SSSR count). The Morgan fingerprint density at radius 3 is 2.53 bits per heavy atom. The minimum atomic E-state index is -0.327. The molecule has 7 nitrogen and oxygen atoms in total. The van der Waals surface area contributed by atoms with Crippen LogP contribution in [0.2, 0.25) is 0 Å². The zero-order valence-electron chi connectivity index (χ0n) is 17.1. The van der Waals surface area contributed by atoms with Crippen molar-refractivity contribution in [2.45, 2.75) is 20.8 Å². The Bertz CT molecular complexity index is 1190. The van der Waals surface area contributed by atoms with Crippen LogP contribution in [-0.4, -0.2) is 32.5 Å². The van der Waals surface area contributed by atoms with Gasteiger partial charge in [0.15, 0.2) is 5.13 Å². The van der Waals surface area contributed by atoms with Crippen LogP contribution in [0.5, 0.6) is 5.75 Å². The summed E-state index contributed by atoms with van der Waals surface area (Å²) in [5.41, 5.74) is 6.09. The van der Waals surface area contributed by atoms with Crippen LogP contribution in [0.3, 0.4) is 0 Å². The van der Waals surface area contributed by atoms with Crippen molar-refractivity contribution in [2.24, 2.45) is 0 Å². The zero-order valence-corrected chi connectivity index (χ0v) is 17.9. The molecule has 0 aliphatic carbocycles. The molecule has 0 aliphatic rings. The fourth-order valence-corrected chi connectivity index (χ4v) is 3.98. The quantitative estimate of drug-likeness (QED) is 0.512. The van der Waals surface area contributed by atoms with Crippen LogP contribution in [0.4, 0.5) is 5.13 Å². The van der Waals surface area contributed by atoms with E-state index in [9.17, 15) is 4.79 Å². The summed E-state index contributed by atoms with van der Waals surface area (Å²) in [4.78, 5) is 25.2. The van der Waals surface area contributed by atoms with Gasteiger partial charge in [0.25, 0.3) is 5.91 Å². The fraction of sp³-hybridized carbons (Fsp3) is 0.182. The molecule has 0 bridgehead atoms. The number of aromatic nitrogens is 4. The lowest BCUT2D eigenvalue weighted by Gasteiger charge is -2.10. The lowest BCUT2D eigenvalue weighted by atomic mass is 10.2. The van der Waals surface area contributed by atoms with Gasteiger partial charge in [-0.05, 0) is 51.1 Å². The second-order valence-electron chi connectivity index (χ2n) is 6.85. The van der Waals surface area contributed by atoms with Gasteiger partial charge in [0.2, 0.25) is 0 Å². The van der Waals surface area contributed by atoms with Crippen LogP contribution in [0.1, 0.15) is 27.6 Å². The van der Waals surface area contributed by atoms with E-state index in [1.807, 2.05) is 36.6 Å². The van der Waals surface area contributed by atoms with Gasteiger partial charge < -0.3 is 9.30 Å². The van der Waals surface area contributed by atoms with E-state index in [0.717, 1.165) is 39.8 Å². The van der Waals surface area contributed by atoms with Gasteiger partial charge in [-0.25, -0.2) is 9.97 Å². The lowest BCUT2D eigenvalue weighted by molar-refractivity contribution is 0.102. The van der Waals surface area contributed by atoms with E-state index in [1.165, 1.54) is 17.5 Å². The molecule has 3 aromatic heterocycles. The van der Waals surface area contributed by atoms with E-state index in [1.54, 1.807) is 13.3 Å². The molecule has 0 atom stereocenters. The maximum atomic E-state index is 12.4. The maximum absolute atomic E-state index is 12.4. The number of benzene rings is 1. The number of hydrogen-bond acceptors (Lipinski definition) is 6. The summed E-state index contributed by atoms with van der Waals surface area (Å²) in [5.74, 6) is 0.492. The maximum Gasteiger partial charge on any atom is 0.277 e. The highest BCUT2D eigenvalue weighted by atomic mass is 32.1. The number of carbonyl (C=O) groups excluding carboxylic acids is 1. The van der Waals surface area contributed by atoms with Crippen LogP contribution in [0, 0.1) is 20.8 Å². The molecule has 0 saturated carbocycles. The van der Waals surface area contributed by atoms with Crippen LogP contribution in [0.25, 0.3) is 16.9 Å². The topological polar surface area (TPSA) is 81.9 Å². The van der Waals surface area contributed by atoms with E-state index >= 15 is 0 Å². The Morgan fingerprint density at radius 2 is 1.87 bits per heavy atom. The first-order chi connectivity index (χ1) is 14.5. The normalized spacial score (nSPS) is 10.8. The average Bonchev–Trinajstić information content (AvgIpc) is 3.32. The second kappa shape index (κ2) is 8.08. The molecule has 0 radical (unpaired) electrons. The third-order valence-electron chi connectivity index (χ3n) is 4.78. The monoisotopic (exact) mass is 419 g/mol. The predicted molar refractivity (Wildman–Crippen MR) is 118 cm³/mol. The van der Waals surface area contributed by atoms with Crippen LogP contribution in [0.15, 0.2) is 48.1 Å². The third kappa shape index (κ3) is 3.81. The number of ether oxygens (including phenoxy) is 1. The molecule has 0 fully saturated rings. The van der Waals surface area contributed by atoms with Crippen molar-refractivity contribution < 1.29 is 9.53 Å². The molecular formula is C22H21N5O2S. The van der Waals surface area contributed by atoms with E-state index < -0.39 is 0 Å². The molecule has 0 aliphatic heterocycles. The Labute approximate surface area is 178 Å². The van der Waals surface area contributed by atoms with Crippen molar-refractivity contribution >= 4 is 22.4 Å². The molecule has 0 unspecified atom stereocenters. The Hall–Kier alpha value is -3.52. The standard InChI is InChI=1S/C22H21N5O2S/c1-13-10-24-19(11-23-13)21(28)26-22-25-20(12-30-22)18-9-14(2)27(15(18)3)16-5-7-17(29-4)8-6-16/h5-12H,1-4H3,(H,25,26,28). The summed E-state index contributed by atoms with van der Waals surface area (Å²) < 4.78 is 7.43. The van der Waals surface area contributed by atoms with Gasteiger partial charge >= 0.3 is 0 Å². The van der Waals surface area contributed by atoms with Crippen LogP contribution in [-0.2, 0) is 0 Å². The van der Waals surface area contributed by atoms with Crippen molar-refractivity contribution in [3.63, 3.8) is 0 Å². The molecule has 1 N–H and O–H groups in total. The summed E-state index contributed by atoms with van der Waals surface area (Å²) in [5, 5.41) is 5.26. The molecule has 152 valence electrons. The zero-order chi connectivity index (χ0) is 21.3. The second-order valence-corrected chi connectivity index (χ2v) is 7.71. The van der Waals surface area contributed by atoms with Crippen molar-refractivity contribution in [3.05, 3.63) is 70.9 Å². The number of amides is 1. The van der Waals surface area contributed by atoms with E-state index in [0.29, 0.717) is 5.13 Å². The van der Waals surface area contributed by atoms with Gasteiger partial charge in [-0.1, -0.05) is 0 Å². The highest BCUT2D eigenvalue weighted by Gasteiger charge is 2.16. The number of hydrogen-bond donors (Lipinski definition) is 1. The first-order valence-electron chi connectivity index (χ1n) is 9.35. The Kier molecular flexibility index (Phi) is 5.33. The molecule has 0 saturated heterocycles. The summed E-state index contributed by atoms with van der Waals surface area (Å²) >= 11 is 1.38. The van der Waals surface area contributed by atoms with Gasteiger partial charge in [-0.2, -0.15) is 0 Å². The molecule has 3 heterocycles. The number of anilines is 1. The molecule has 4 aromatic rings. The largest absolute Gasteiger partial charge is 0.497 e. The lowest BCUT2D eigenvalue weighted by Crippen LogP contribution is -2.13. The molecule has 1 amide bonds. The molecule has 0 spiro atoms. The summed E-state index contributed by atoms with van der Waals surface area (Å²) in [6.07, 6.45) is 3.03. The molecular weight excluding hydrogens is 398 g/mol. The number of carbonyl (C=O) groups is 1. The number of methoxy groups -OCH3 is 1. The number of rotatable bonds is 5. The van der Waals surface area contributed by atoms with E-state index in [-0.39, 0.29) is 11.6 Å². The third-order valence-corrected chi connectivity index (χ3v) is 5.53. The minimum absolute atomic E-state index is 0.259. The minimum Gasteiger partial charge on any atom is -0.497 e. The van der Waals surface area contributed by atoms with Crippen LogP contribution < -0.4 is 10.1 Å². The highest BCUT2D eigenvalue weighted by Crippen LogP contribution is 2.32. The van der Waals surface area contributed by atoms with Crippen molar-refractivity contribution in [1.82, 2.24) is 19.5 Å². The van der Waals surface area contributed by atoms with E-state index in [4.69, 9.17) is 4.74 Å². The van der Waals surface area contributed by atoms with Gasteiger partial charge in [0.05, 0.1) is 24.7 Å². The van der Waals surface area contributed by atoms with E-state index in [2.05, 4.69) is 44.7 Å². The smallest absolute Gasteiger partial charge is 0.277 e. The fourth-order valence-electron chi connectivity index (χ4n) is 3.28. The first kappa shape index (κ1) is 19.8. The van der Waals surface area contributed by atoms with Crippen LogP contribution >= 0.6 is 11.3 Å². The number of nitrogens with zero attached hydrogens (tertiary/aromatic N) is 4. The number of aryl methyl sites for hydroxylation is 2. The summed E-state index contributed by atoms with van der Waals surface area (Å²) in [6.45, 7) is 5.95. The van der Waals surface area contributed by atoms with Gasteiger partial charge in [0, 0.05) is 34.2 Å². The number of thiazole rings is 1. The molecule has 8 heteroatoms. The summed E-state index contributed by atoms with van der Waals surface area (Å²) in [6, 6.07) is 10.0. The Balaban J connectivity index is 1.59. The first-order valence-corrected chi connectivity index (χ1v) is 10.2.